The second-order valence-corrected chi connectivity index (χ2v) is 19.7. The summed E-state index contributed by atoms with van der Waals surface area (Å²) >= 11 is 0. The van der Waals surface area contributed by atoms with E-state index in [9.17, 15) is 0 Å². The molecule has 0 spiro atoms. The van der Waals surface area contributed by atoms with E-state index in [1.54, 1.807) is 0 Å². The normalized spacial score (nSPS) is 13.8. The molecule has 0 bridgehead atoms. The lowest BCUT2D eigenvalue weighted by molar-refractivity contribution is 0.660. The minimum absolute atomic E-state index is 0.0850. The molecule has 0 N–H and O–H groups in total. The van der Waals surface area contributed by atoms with Gasteiger partial charge >= 0.3 is 0 Å². The fraction of sp³-hybridized carbons (Fsp3) is 0.0909. The summed E-state index contributed by atoms with van der Waals surface area (Å²) in [5.74, 6) is 0. The van der Waals surface area contributed by atoms with Crippen LogP contribution in [0, 0.1) is 0 Å². The highest BCUT2D eigenvalue weighted by Gasteiger charge is 2.38. The quantitative estimate of drug-likeness (QED) is 0.155. The molecule has 0 amide bonds. The molecule has 0 unspecified atom stereocenters. The predicted molar refractivity (Wildman–Crippen MR) is 287 cm³/mol. The van der Waals surface area contributed by atoms with Gasteiger partial charge in [0.1, 0.15) is 0 Å². The Labute approximate surface area is 399 Å². The van der Waals surface area contributed by atoms with Gasteiger partial charge in [0.25, 0.3) is 0 Å². The molecule has 324 valence electrons. The molecule has 11 aromatic rings. The molecule has 2 aliphatic carbocycles. The minimum Gasteiger partial charge on any atom is -0.310 e. The van der Waals surface area contributed by atoms with Gasteiger partial charge in [-0.25, -0.2) is 0 Å². The standard InChI is InChI=1S/C66H50N2/c1-65(2)58-29-11-6-26-56(58)64-55(27-17-30-59(64)65)54-25-9-12-31-61(54)67(48-20-16-19-45(41-48)46-36-39-51-50-22-5-10-28-57(50)66(3,4)60(51)42-46)47-37-34-43(35-38-47)44-18-15-21-49(40-44)68-62-32-13-7-23-52(62)53-24-8-14-33-63(53)68/h5-42H,1-4H3. The molecule has 13 rings (SSSR count). The maximum absolute atomic E-state index is 2.47. The second kappa shape index (κ2) is 15.2. The van der Waals surface area contributed by atoms with Crippen LogP contribution in [-0.2, 0) is 10.8 Å². The number of nitrogens with zero attached hydrogens (tertiary/aromatic N) is 2. The summed E-state index contributed by atoms with van der Waals surface area (Å²) in [6, 6.07) is 85.6. The number of anilines is 3. The molecule has 0 saturated carbocycles. The maximum atomic E-state index is 2.47. The molecule has 0 atom stereocenters. The van der Waals surface area contributed by atoms with Gasteiger partial charge in [0, 0.05) is 44.2 Å². The van der Waals surface area contributed by atoms with Crippen molar-refractivity contribution in [1.29, 1.82) is 0 Å². The zero-order valence-corrected chi connectivity index (χ0v) is 38.8. The van der Waals surface area contributed by atoms with Crippen LogP contribution in [0.2, 0.25) is 0 Å². The third-order valence-electron chi connectivity index (χ3n) is 15.2. The first-order valence-electron chi connectivity index (χ1n) is 23.9. The maximum Gasteiger partial charge on any atom is 0.0541 e. The number of benzene rings is 10. The van der Waals surface area contributed by atoms with E-state index in [0.29, 0.717) is 0 Å². The van der Waals surface area contributed by atoms with E-state index in [1.165, 1.54) is 99.7 Å². The van der Waals surface area contributed by atoms with Crippen LogP contribution in [0.15, 0.2) is 231 Å². The van der Waals surface area contributed by atoms with Crippen molar-refractivity contribution in [2.24, 2.45) is 0 Å². The van der Waals surface area contributed by atoms with E-state index in [2.05, 4.69) is 268 Å². The zero-order valence-electron chi connectivity index (χ0n) is 38.8. The zero-order chi connectivity index (χ0) is 45.7. The van der Waals surface area contributed by atoms with Crippen LogP contribution < -0.4 is 4.90 Å². The monoisotopic (exact) mass is 870 g/mol. The summed E-state index contributed by atoms with van der Waals surface area (Å²) in [6.45, 7) is 9.45. The highest BCUT2D eigenvalue weighted by atomic mass is 15.1. The number of hydrogen-bond donors (Lipinski definition) is 0. The summed E-state index contributed by atoms with van der Waals surface area (Å²) in [4.78, 5) is 2.47. The van der Waals surface area contributed by atoms with Crippen molar-refractivity contribution in [3.05, 3.63) is 253 Å². The van der Waals surface area contributed by atoms with Crippen molar-refractivity contribution in [2.75, 3.05) is 4.90 Å². The molecule has 1 heterocycles. The molecule has 2 heteroatoms. The Balaban J connectivity index is 0.956. The summed E-state index contributed by atoms with van der Waals surface area (Å²) in [5, 5.41) is 2.53. The predicted octanol–water partition coefficient (Wildman–Crippen LogP) is 17.9. The van der Waals surface area contributed by atoms with Crippen molar-refractivity contribution in [2.45, 2.75) is 38.5 Å². The number of rotatable bonds is 7. The van der Waals surface area contributed by atoms with Crippen LogP contribution >= 0.6 is 0 Å². The van der Waals surface area contributed by atoms with Crippen LogP contribution in [0.4, 0.5) is 17.1 Å². The first kappa shape index (κ1) is 40.1. The Kier molecular flexibility index (Phi) is 8.95. The van der Waals surface area contributed by atoms with E-state index in [0.717, 1.165) is 22.7 Å². The molecule has 2 nitrogen and oxygen atoms in total. The number of para-hydroxylation sites is 3. The Morgan fingerprint density at radius 3 is 1.59 bits per heavy atom. The number of aromatic nitrogens is 1. The van der Waals surface area contributed by atoms with Crippen molar-refractivity contribution in [3.63, 3.8) is 0 Å². The SMILES string of the molecule is CC1(C)c2ccccc2-c2ccc(-c3cccc(N(c4ccc(-c5cccc(-n6c7ccccc7c7ccccc76)c5)cc4)c4ccccc4-c4cccc5c4-c4ccccc4C5(C)C)c3)cc21. The highest BCUT2D eigenvalue weighted by Crippen LogP contribution is 2.54. The average Bonchev–Trinajstić information content (AvgIpc) is 3.94. The van der Waals surface area contributed by atoms with E-state index < -0.39 is 0 Å². The minimum atomic E-state index is -0.106. The molecule has 0 saturated heterocycles. The second-order valence-electron chi connectivity index (χ2n) is 19.7. The first-order valence-corrected chi connectivity index (χ1v) is 23.9. The van der Waals surface area contributed by atoms with Gasteiger partial charge in [0.2, 0.25) is 0 Å². The molecule has 0 radical (unpaired) electrons. The molecule has 10 aromatic carbocycles. The fourth-order valence-electron chi connectivity index (χ4n) is 11.8. The topological polar surface area (TPSA) is 8.17 Å². The number of hydrogen-bond acceptors (Lipinski definition) is 1. The molecular formula is C66H50N2. The number of fused-ring (bicyclic) bond motifs is 9. The highest BCUT2D eigenvalue weighted by molar-refractivity contribution is 6.09. The molecular weight excluding hydrogens is 821 g/mol. The van der Waals surface area contributed by atoms with Crippen LogP contribution in [0.3, 0.4) is 0 Å². The summed E-state index contributed by atoms with van der Waals surface area (Å²) in [5.41, 5.74) is 24.7. The largest absolute Gasteiger partial charge is 0.310 e. The van der Waals surface area contributed by atoms with Crippen LogP contribution in [0.5, 0.6) is 0 Å². The summed E-state index contributed by atoms with van der Waals surface area (Å²) < 4.78 is 2.40. The Morgan fingerprint density at radius 2 is 0.838 bits per heavy atom. The van der Waals surface area contributed by atoms with Gasteiger partial charge in [-0.3, -0.25) is 0 Å². The van der Waals surface area contributed by atoms with E-state index in [-0.39, 0.29) is 10.8 Å². The summed E-state index contributed by atoms with van der Waals surface area (Å²) in [7, 11) is 0. The van der Waals surface area contributed by atoms with Gasteiger partial charge in [-0.1, -0.05) is 198 Å². The first-order chi connectivity index (χ1) is 33.3. The Morgan fingerprint density at radius 1 is 0.324 bits per heavy atom. The van der Waals surface area contributed by atoms with Crippen molar-refractivity contribution in [3.8, 4) is 61.3 Å². The van der Waals surface area contributed by atoms with Crippen molar-refractivity contribution < 1.29 is 0 Å². The molecule has 2 aliphatic rings. The fourth-order valence-corrected chi connectivity index (χ4v) is 11.8. The lowest BCUT2D eigenvalue weighted by atomic mass is 9.81. The van der Waals surface area contributed by atoms with Gasteiger partial charge in [-0.05, 0) is 133 Å². The van der Waals surface area contributed by atoms with Crippen LogP contribution in [-0.4, -0.2) is 4.57 Å². The molecule has 0 fully saturated rings. The lowest BCUT2D eigenvalue weighted by Gasteiger charge is -2.29. The smallest absolute Gasteiger partial charge is 0.0541 e. The Bertz CT molecular complexity index is 3750. The third-order valence-corrected chi connectivity index (χ3v) is 15.2. The van der Waals surface area contributed by atoms with Crippen molar-refractivity contribution >= 4 is 38.9 Å². The lowest BCUT2D eigenvalue weighted by Crippen LogP contribution is -2.15. The van der Waals surface area contributed by atoms with E-state index in [1.807, 2.05) is 0 Å². The summed E-state index contributed by atoms with van der Waals surface area (Å²) in [6.07, 6.45) is 0. The van der Waals surface area contributed by atoms with E-state index >= 15 is 0 Å². The van der Waals surface area contributed by atoms with Gasteiger partial charge in [0.15, 0.2) is 0 Å². The van der Waals surface area contributed by atoms with Gasteiger partial charge in [0.05, 0.1) is 16.7 Å². The van der Waals surface area contributed by atoms with Gasteiger partial charge in [-0.15, -0.1) is 0 Å². The third kappa shape index (κ3) is 6.03. The van der Waals surface area contributed by atoms with Crippen LogP contribution in [0.1, 0.15) is 49.9 Å². The Hall–Kier alpha value is -8.20. The molecule has 0 aliphatic heterocycles. The van der Waals surface area contributed by atoms with Gasteiger partial charge in [-0.2, -0.15) is 0 Å². The van der Waals surface area contributed by atoms with Crippen molar-refractivity contribution in [1.82, 2.24) is 4.57 Å². The molecule has 1 aromatic heterocycles. The van der Waals surface area contributed by atoms with Crippen LogP contribution in [0.25, 0.3) is 83.1 Å². The van der Waals surface area contributed by atoms with Gasteiger partial charge < -0.3 is 9.47 Å². The molecule has 68 heavy (non-hydrogen) atoms. The van der Waals surface area contributed by atoms with E-state index in [4.69, 9.17) is 0 Å². The average molecular weight is 871 g/mol.